The Bertz CT molecular complexity index is 1340. The number of sulfone groups is 1. The van der Waals surface area contributed by atoms with Gasteiger partial charge in [0.25, 0.3) is 0 Å². The molecule has 0 radical (unpaired) electrons. The number of hydrogen-bond acceptors (Lipinski definition) is 5. The Morgan fingerprint density at radius 3 is 2.57 bits per heavy atom. The summed E-state index contributed by atoms with van der Waals surface area (Å²) in [5, 5.41) is 7.00. The lowest BCUT2D eigenvalue weighted by atomic mass is 10.1. The van der Waals surface area contributed by atoms with Crippen molar-refractivity contribution >= 4 is 32.5 Å². The van der Waals surface area contributed by atoms with Crippen molar-refractivity contribution in [2.75, 3.05) is 5.32 Å². The van der Waals surface area contributed by atoms with Crippen molar-refractivity contribution in [2.45, 2.75) is 31.0 Å². The quantitative estimate of drug-likeness (QED) is 0.508. The Kier molecular flexibility index (Phi) is 5.17. The smallest absolute Gasteiger partial charge is 0.245 e. The highest BCUT2D eigenvalue weighted by Crippen LogP contribution is 2.28. The van der Waals surface area contributed by atoms with Gasteiger partial charge in [-0.05, 0) is 31.0 Å². The number of amides is 1. The number of nitrogens with one attached hydrogen (secondary N) is 1. The highest BCUT2D eigenvalue weighted by molar-refractivity contribution is 7.90. The lowest BCUT2D eigenvalue weighted by molar-refractivity contribution is -0.116. The zero-order chi connectivity index (χ0) is 21.3. The van der Waals surface area contributed by atoms with Gasteiger partial charge in [-0.1, -0.05) is 47.6 Å². The maximum Gasteiger partial charge on any atom is 0.245 e. The van der Waals surface area contributed by atoms with E-state index >= 15 is 0 Å². The van der Waals surface area contributed by atoms with Crippen molar-refractivity contribution in [3.8, 4) is 0 Å². The Morgan fingerprint density at radius 1 is 1.10 bits per heavy atom. The molecule has 0 bridgehead atoms. The molecule has 8 heteroatoms. The van der Waals surface area contributed by atoms with E-state index in [-0.39, 0.29) is 23.1 Å². The second kappa shape index (κ2) is 7.79. The number of nitrogens with zero attached hydrogens (tertiary/aromatic N) is 2. The lowest BCUT2D eigenvalue weighted by Gasteiger charge is -2.06. The number of hydrogen-bond donors (Lipinski definition) is 1. The predicted molar refractivity (Wildman–Crippen MR) is 114 cm³/mol. The van der Waals surface area contributed by atoms with Crippen LogP contribution in [0.3, 0.4) is 0 Å². The highest BCUT2D eigenvalue weighted by atomic mass is 32.2. The van der Waals surface area contributed by atoms with Gasteiger partial charge >= 0.3 is 0 Å². The maximum absolute atomic E-state index is 13.2. The molecule has 4 rings (SSSR count). The molecular formula is C22H21N3O4S. The molecule has 0 aliphatic rings. The molecule has 0 aliphatic carbocycles. The average Bonchev–Trinajstić information content (AvgIpc) is 3.27. The molecule has 30 heavy (non-hydrogen) atoms. The first-order valence-corrected chi connectivity index (χ1v) is 11.1. The minimum atomic E-state index is -3.61. The Morgan fingerprint density at radius 2 is 1.83 bits per heavy atom. The molecular weight excluding hydrogens is 402 g/mol. The molecule has 2 aromatic carbocycles. The molecule has 2 heterocycles. The van der Waals surface area contributed by atoms with E-state index < -0.39 is 9.84 Å². The van der Waals surface area contributed by atoms with Crippen LogP contribution in [0.15, 0.2) is 70.2 Å². The minimum Gasteiger partial charge on any atom is -0.360 e. The molecule has 0 saturated heterocycles. The lowest BCUT2D eigenvalue weighted by Crippen LogP contribution is -2.18. The fourth-order valence-electron chi connectivity index (χ4n) is 3.41. The van der Waals surface area contributed by atoms with Gasteiger partial charge in [-0.2, -0.15) is 0 Å². The summed E-state index contributed by atoms with van der Waals surface area (Å²) in [5.74, 6) is 0.479. The third-order valence-electron chi connectivity index (χ3n) is 4.90. The van der Waals surface area contributed by atoms with E-state index in [0.29, 0.717) is 22.5 Å². The van der Waals surface area contributed by atoms with Gasteiger partial charge in [0.15, 0.2) is 15.7 Å². The van der Waals surface area contributed by atoms with E-state index in [2.05, 4.69) is 10.5 Å². The summed E-state index contributed by atoms with van der Waals surface area (Å²) in [7, 11) is -3.61. The number of fused-ring (bicyclic) bond motifs is 1. The maximum atomic E-state index is 13.2. The normalized spacial score (nSPS) is 11.7. The summed E-state index contributed by atoms with van der Waals surface area (Å²) < 4.78 is 33.0. The summed E-state index contributed by atoms with van der Waals surface area (Å²) in [4.78, 5) is 12.7. The van der Waals surface area contributed by atoms with E-state index in [1.54, 1.807) is 35.8 Å². The van der Waals surface area contributed by atoms with E-state index in [0.717, 1.165) is 11.1 Å². The third-order valence-corrected chi connectivity index (χ3v) is 6.59. The van der Waals surface area contributed by atoms with Crippen molar-refractivity contribution in [3.63, 3.8) is 0 Å². The molecule has 154 valence electrons. The molecule has 2 aromatic heterocycles. The van der Waals surface area contributed by atoms with Crippen molar-refractivity contribution in [1.82, 2.24) is 9.72 Å². The number of carbonyl (C=O) groups is 1. The highest BCUT2D eigenvalue weighted by Gasteiger charge is 2.23. The van der Waals surface area contributed by atoms with Gasteiger partial charge in [0.1, 0.15) is 12.3 Å². The van der Waals surface area contributed by atoms with Crippen LogP contribution in [0, 0.1) is 13.8 Å². The summed E-state index contributed by atoms with van der Waals surface area (Å²) in [6.07, 6.45) is 1.53. The predicted octanol–water partition coefficient (Wildman–Crippen LogP) is 3.86. The Hall–Kier alpha value is -3.39. The van der Waals surface area contributed by atoms with Crippen molar-refractivity contribution in [3.05, 3.63) is 77.7 Å². The zero-order valence-electron chi connectivity index (χ0n) is 16.6. The van der Waals surface area contributed by atoms with E-state index in [4.69, 9.17) is 4.52 Å². The van der Waals surface area contributed by atoms with E-state index in [1.165, 1.54) is 6.20 Å². The van der Waals surface area contributed by atoms with Crippen molar-refractivity contribution in [2.24, 2.45) is 0 Å². The number of anilines is 1. The Balaban J connectivity index is 1.66. The minimum absolute atomic E-state index is 0.0493. The number of aromatic nitrogens is 2. The molecule has 1 N–H and O–H groups in total. The number of rotatable bonds is 6. The average molecular weight is 423 g/mol. The van der Waals surface area contributed by atoms with Gasteiger partial charge in [-0.25, -0.2) is 8.42 Å². The SMILES string of the molecule is Cc1cc(NC(=O)Cn2cc(S(=O)(=O)Cc3ccccc3C)c3ccccc32)no1. The molecule has 0 atom stereocenters. The van der Waals surface area contributed by atoms with Crippen LogP contribution < -0.4 is 5.32 Å². The molecule has 0 unspecified atom stereocenters. The molecule has 0 saturated carbocycles. The topological polar surface area (TPSA) is 94.2 Å². The number of aryl methyl sites for hydroxylation is 2. The summed E-state index contributed by atoms with van der Waals surface area (Å²) in [5.41, 5.74) is 2.35. The fraction of sp³-hybridized carbons (Fsp3) is 0.182. The number of carbonyl (C=O) groups excluding carboxylic acids is 1. The first-order chi connectivity index (χ1) is 14.3. The van der Waals surface area contributed by atoms with Gasteiger partial charge in [0.05, 0.1) is 10.6 Å². The summed E-state index contributed by atoms with van der Waals surface area (Å²) in [6, 6.07) is 16.2. The van der Waals surface area contributed by atoms with E-state index in [9.17, 15) is 13.2 Å². The standard InChI is InChI=1S/C22H21N3O4S/c1-15-7-3-4-8-17(15)14-30(27,28)20-12-25(19-10-6-5-9-18(19)20)13-22(26)23-21-11-16(2)29-24-21/h3-12H,13-14H2,1-2H3,(H,23,24,26). The van der Waals surface area contributed by atoms with Crippen LogP contribution >= 0.6 is 0 Å². The first kappa shape index (κ1) is 19.9. The molecule has 7 nitrogen and oxygen atoms in total. The number of benzene rings is 2. The monoisotopic (exact) mass is 423 g/mol. The van der Waals surface area contributed by atoms with Gasteiger partial charge in [0, 0.05) is 23.2 Å². The number of para-hydroxylation sites is 1. The van der Waals surface area contributed by atoms with Crippen LogP contribution in [-0.2, 0) is 26.9 Å². The zero-order valence-corrected chi connectivity index (χ0v) is 17.4. The molecule has 0 fully saturated rings. The first-order valence-electron chi connectivity index (χ1n) is 9.42. The van der Waals surface area contributed by atoms with Crippen LogP contribution in [-0.4, -0.2) is 24.0 Å². The fourth-order valence-corrected chi connectivity index (χ4v) is 5.09. The van der Waals surface area contributed by atoms with Crippen LogP contribution in [0.2, 0.25) is 0 Å². The van der Waals surface area contributed by atoms with Crippen molar-refractivity contribution < 1.29 is 17.7 Å². The van der Waals surface area contributed by atoms with Crippen molar-refractivity contribution in [1.29, 1.82) is 0 Å². The van der Waals surface area contributed by atoms with Crippen LogP contribution in [0.1, 0.15) is 16.9 Å². The molecule has 1 amide bonds. The third kappa shape index (κ3) is 3.99. The van der Waals surface area contributed by atoms with Gasteiger partial charge in [-0.15, -0.1) is 0 Å². The van der Waals surface area contributed by atoms with Gasteiger partial charge < -0.3 is 14.4 Å². The molecule has 0 spiro atoms. The largest absolute Gasteiger partial charge is 0.360 e. The molecule has 0 aliphatic heterocycles. The second-order valence-corrected chi connectivity index (χ2v) is 9.15. The Labute approximate surface area is 174 Å². The summed E-state index contributed by atoms with van der Waals surface area (Å²) >= 11 is 0. The van der Waals surface area contributed by atoms with E-state index in [1.807, 2.05) is 37.3 Å². The van der Waals surface area contributed by atoms with Gasteiger partial charge in [0.2, 0.25) is 5.91 Å². The van der Waals surface area contributed by atoms with Crippen LogP contribution in [0.25, 0.3) is 10.9 Å². The second-order valence-electron chi connectivity index (χ2n) is 7.19. The van der Waals surface area contributed by atoms with Crippen LogP contribution in [0.5, 0.6) is 0 Å². The van der Waals surface area contributed by atoms with Crippen LogP contribution in [0.4, 0.5) is 5.82 Å². The van der Waals surface area contributed by atoms with Gasteiger partial charge in [-0.3, -0.25) is 4.79 Å². The molecule has 4 aromatic rings. The summed E-state index contributed by atoms with van der Waals surface area (Å²) in [6.45, 7) is 3.57.